The zero-order chi connectivity index (χ0) is 27.1. The lowest BCUT2D eigenvalue weighted by Crippen LogP contribution is -2.58. The number of rotatable bonds is 17. The predicted octanol–water partition coefficient (Wildman–Crippen LogP) is 1.65. The minimum absolute atomic E-state index is 0.116. The van der Waals surface area contributed by atoms with E-state index in [0.717, 1.165) is 11.3 Å². The quantitative estimate of drug-likeness (QED) is 0.200. The van der Waals surface area contributed by atoms with Crippen LogP contribution >= 0.6 is 23.5 Å². The van der Waals surface area contributed by atoms with Gasteiger partial charge in [-0.25, -0.2) is 4.79 Å². The van der Waals surface area contributed by atoms with Crippen LogP contribution in [-0.4, -0.2) is 77.0 Å². The van der Waals surface area contributed by atoms with Gasteiger partial charge in [-0.15, -0.1) is 0 Å². The van der Waals surface area contributed by atoms with Gasteiger partial charge in [0, 0.05) is 6.42 Å². The van der Waals surface area contributed by atoms with Crippen molar-refractivity contribution in [3.8, 4) is 0 Å². The van der Waals surface area contributed by atoms with E-state index in [-0.39, 0.29) is 12.3 Å². The van der Waals surface area contributed by atoms with Crippen LogP contribution in [0.5, 0.6) is 0 Å². The van der Waals surface area contributed by atoms with Crippen molar-refractivity contribution in [2.24, 2.45) is 11.7 Å². The highest BCUT2D eigenvalue weighted by Crippen LogP contribution is 2.11. The number of nitrogens with two attached hydrogens (primary N) is 1. The summed E-state index contributed by atoms with van der Waals surface area (Å²) in [6, 6.07) is 5.31. The SMILES string of the molecule is CCC(C)C(NC(=O)C(N)CCSC)C(=O)NC(CCSC)C(=O)NC(Cc1ccccc1)C(=O)O. The summed E-state index contributed by atoms with van der Waals surface area (Å²) in [4.78, 5) is 50.7. The number of hydrogen-bond donors (Lipinski definition) is 5. The standard InChI is InChI=1S/C25H40N4O5S2/c1-5-16(2)21(29-22(30)18(26)11-13-35-3)24(32)27-19(12-14-36-4)23(31)28-20(25(33)34)15-17-9-7-6-8-10-17/h6-10,16,18-21H,5,11-15,26H2,1-4H3,(H,27,32)(H,28,31)(H,29,30)(H,33,34). The molecular formula is C25H40N4O5S2. The molecule has 9 nitrogen and oxygen atoms in total. The number of benzene rings is 1. The Kier molecular flexibility index (Phi) is 15.2. The first-order valence-corrected chi connectivity index (χ1v) is 14.8. The van der Waals surface area contributed by atoms with Crippen LogP contribution in [0.25, 0.3) is 0 Å². The van der Waals surface area contributed by atoms with Crippen molar-refractivity contribution in [3.63, 3.8) is 0 Å². The van der Waals surface area contributed by atoms with Gasteiger partial charge in [0.15, 0.2) is 0 Å². The molecule has 6 N–H and O–H groups in total. The van der Waals surface area contributed by atoms with Gasteiger partial charge in [-0.05, 0) is 48.3 Å². The van der Waals surface area contributed by atoms with Crippen LogP contribution in [0.15, 0.2) is 30.3 Å². The number of amides is 3. The Morgan fingerprint density at radius 2 is 1.47 bits per heavy atom. The van der Waals surface area contributed by atoms with Gasteiger partial charge in [-0.3, -0.25) is 14.4 Å². The highest BCUT2D eigenvalue weighted by Gasteiger charge is 2.32. The summed E-state index contributed by atoms with van der Waals surface area (Å²) >= 11 is 3.09. The van der Waals surface area contributed by atoms with E-state index in [4.69, 9.17) is 5.73 Å². The summed E-state index contributed by atoms with van der Waals surface area (Å²) in [5, 5.41) is 17.7. The van der Waals surface area contributed by atoms with Gasteiger partial charge >= 0.3 is 5.97 Å². The second kappa shape index (κ2) is 17.3. The summed E-state index contributed by atoms with van der Waals surface area (Å²) in [6.45, 7) is 3.75. The van der Waals surface area contributed by atoms with E-state index in [9.17, 15) is 24.3 Å². The Bertz CT molecular complexity index is 843. The zero-order valence-electron chi connectivity index (χ0n) is 21.5. The van der Waals surface area contributed by atoms with Gasteiger partial charge in [-0.2, -0.15) is 23.5 Å². The maximum Gasteiger partial charge on any atom is 0.326 e. The molecule has 0 heterocycles. The van der Waals surface area contributed by atoms with Crippen molar-refractivity contribution in [1.82, 2.24) is 16.0 Å². The lowest BCUT2D eigenvalue weighted by molar-refractivity contribution is -0.142. The first-order valence-electron chi connectivity index (χ1n) is 12.1. The van der Waals surface area contributed by atoms with Gasteiger partial charge in [0.25, 0.3) is 0 Å². The normalized spacial score (nSPS) is 15.1. The molecule has 11 heteroatoms. The maximum absolute atomic E-state index is 13.2. The van der Waals surface area contributed by atoms with Crippen LogP contribution in [0.2, 0.25) is 0 Å². The fraction of sp³-hybridized carbons (Fsp3) is 0.600. The van der Waals surface area contributed by atoms with E-state index in [1.807, 2.05) is 32.4 Å². The molecule has 1 aromatic rings. The van der Waals surface area contributed by atoms with Gasteiger partial charge in [0.05, 0.1) is 6.04 Å². The first-order chi connectivity index (χ1) is 17.1. The lowest BCUT2D eigenvalue weighted by atomic mass is 9.97. The zero-order valence-corrected chi connectivity index (χ0v) is 23.1. The van der Waals surface area contributed by atoms with E-state index in [1.165, 1.54) is 11.8 Å². The molecule has 1 rings (SSSR count). The van der Waals surface area contributed by atoms with E-state index in [1.54, 1.807) is 36.0 Å². The van der Waals surface area contributed by atoms with E-state index in [2.05, 4.69) is 16.0 Å². The Morgan fingerprint density at radius 3 is 2.03 bits per heavy atom. The van der Waals surface area contributed by atoms with Crippen LogP contribution in [0.4, 0.5) is 0 Å². The summed E-state index contributed by atoms with van der Waals surface area (Å²) in [6.07, 6.45) is 5.34. The minimum atomic E-state index is -1.16. The molecular weight excluding hydrogens is 500 g/mol. The van der Waals surface area contributed by atoms with Crippen molar-refractivity contribution < 1.29 is 24.3 Å². The second-order valence-electron chi connectivity index (χ2n) is 8.69. The van der Waals surface area contributed by atoms with E-state index < -0.39 is 47.9 Å². The molecule has 0 bridgehead atoms. The van der Waals surface area contributed by atoms with E-state index >= 15 is 0 Å². The highest BCUT2D eigenvalue weighted by molar-refractivity contribution is 7.98. The Balaban J connectivity index is 2.97. The van der Waals surface area contributed by atoms with E-state index in [0.29, 0.717) is 25.0 Å². The van der Waals surface area contributed by atoms with Crippen molar-refractivity contribution in [1.29, 1.82) is 0 Å². The molecule has 0 aliphatic carbocycles. The van der Waals surface area contributed by atoms with Crippen molar-refractivity contribution in [3.05, 3.63) is 35.9 Å². The molecule has 0 radical (unpaired) electrons. The molecule has 0 spiro atoms. The minimum Gasteiger partial charge on any atom is -0.480 e. The molecule has 0 saturated carbocycles. The smallest absolute Gasteiger partial charge is 0.326 e. The first kappa shape index (κ1) is 31.8. The van der Waals surface area contributed by atoms with Crippen LogP contribution < -0.4 is 21.7 Å². The lowest BCUT2D eigenvalue weighted by Gasteiger charge is -2.28. The van der Waals surface area contributed by atoms with Crippen molar-refractivity contribution >= 4 is 47.2 Å². The molecule has 5 unspecified atom stereocenters. The number of carboxylic acids is 1. The number of carbonyl (C=O) groups excluding carboxylic acids is 3. The topological polar surface area (TPSA) is 151 Å². The third-order valence-corrected chi connectivity index (χ3v) is 7.19. The second-order valence-corrected chi connectivity index (χ2v) is 10.7. The van der Waals surface area contributed by atoms with Crippen LogP contribution in [0, 0.1) is 5.92 Å². The third kappa shape index (κ3) is 11.2. The van der Waals surface area contributed by atoms with Gasteiger partial charge in [0.2, 0.25) is 17.7 Å². The average molecular weight is 541 g/mol. The Labute approximate surface area is 222 Å². The van der Waals surface area contributed by atoms with Gasteiger partial charge in [0.1, 0.15) is 18.1 Å². The molecule has 0 saturated heterocycles. The predicted molar refractivity (Wildman–Crippen MR) is 147 cm³/mol. The summed E-state index contributed by atoms with van der Waals surface area (Å²) < 4.78 is 0. The number of aliphatic carboxylic acids is 1. The number of hydrogen-bond acceptors (Lipinski definition) is 7. The largest absolute Gasteiger partial charge is 0.480 e. The molecule has 0 aliphatic heterocycles. The number of thioether (sulfide) groups is 2. The fourth-order valence-corrected chi connectivity index (χ4v) is 4.39. The summed E-state index contributed by atoms with van der Waals surface area (Å²) in [5.74, 6) is -1.54. The third-order valence-electron chi connectivity index (χ3n) is 5.90. The molecule has 202 valence electrons. The average Bonchev–Trinajstić information content (AvgIpc) is 2.87. The highest BCUT2D eigenvalue weighted by atomic mass is 32.2. The molecule has 0 fully saturated rings. The molecule has 3 amide bonds. The Morgan fingerprint density at radius 1 is 0.889 bits per heavy atom. The molecule has 5 atom stereocenters. The molecule has 0 aliphatic rings. The van der Waals surface area contributed by atoms with Gasteiger partial charge in [-0.1, -0.05) is 50.6 Å². The van der Waals surface area contributed by atoms with Crippen LogP contribution in [-0.2, 0) is 25.6 Å². The fourth-order valence-electron chi connectivity index (χ4n) is 3.43. The summed E-state index contributed by atoms with van der Waals surface area (Å²) in [7, 11) is 0. The molecule has 1 aromatic carbocycles. The maximum atomic E-state index is 13.2. The van der Waals surface area contributed by atoms with Gasteiger partial charge < -0.3 is 26.8 Å². The Hall–Kier alpha value is -2.24. The molecule has 0 aromatic heterocycles. The van der Waals surface area contributed by atoms with Crippen LogP contribution in [0.3, 0.4) is 0 Å². The van der Waals surface area contributed by atoms with Crippen molar-refractivity contribution in [2.75, 3.05) is 24.0 Å². The van der Waals surface area contributed by atoms with Crippen molar-refractivity contribution in [2.45, 2.75) is 63.7 Å². The molecule has 36 heavy (non-hydrogen) atoms. The number of carbonyl (C=O) groups is 4. The van der Waals surface area contributed by atoms with Crippen LogP contribution in [0.1, 0.15) is 38.7 Å². The summed E-state index contributed by atoms with van der Waals surface area (Å²) in [5.41, 5.74) is 6.75. The number of nitrogens with one attached hydrogen (secondary N) is 3. The monoisotopic (exact) mass is 540 g/mol. The number of carboxylic acid groups (broad SMARTS) is 1.